The third-order valence-electron chi connectivity index (χ3n) is 4.54. The maximum atomic E-state index is 12.7. The average Bonchev–Trinajstić information content (AvgIpc) is 3.18. The normalized spacial score (nSPS) is 10.6. The van der Waals surface area contributed by atoms with Gasteiger partial charge in [0.1, 0.15) is 11.5 Å². The standard InChI is InChI=1S/C22H19N3O3/c1-27-16-10-7-14(8-11-16)18-13-15(9-12-20(18)28-2)23-22(26)21-17-5-3-4-6-19(17)24-25-21/h3-13H,1-2H3,(H,23,26)(H,24,25). The minimum absolute atomic E-state index is 0.275. The van der Waals surface area contributed by atoms with Crippen molar-refractivity contribution in [1.29, 1.82) is 0 Å². The van der Waals surface area contributed by atoms with Crippen molar-refractivity contribution in [3.05, 3.63) is 72.4 Å². The Morgan fingerprint density at radius 2 is 1.75 bits per heavy atom. The van der Waals surface area contributed by atoms with Gasteiger partial charge in [-0.3, -0.25) is 9.89 Å². The summed E-state index contributed by atoms with van der Waals surface area (Å²) in [5.41, 5.74) is 3.66. The molecule has 0 aliphatic carbocycles. The van der Waals surface area contributed by atoms with Crippen LogP contribution >= 0.6 is 0 Å². The van der Waals surface area contributed by atoms with Crippen molar-refractivity contribution in [2.24, 2.45) is 0 Å². The first-order valence-corrected chi connectivity index (χ1v) is 8.76. The number of carbonyl (C=O) groups excluding carboxylic acids is 1. The number of amides is 1. The Kier molecular flexibility index (Phi) is 4.68. The SMILES string of the molecule is COc1ccc(-c2cc(NC(=O)c3n[nH]c4ccccc34)ccc2OC)cc1. The number of rotatable bonds is 5. The molecule has 0 fully saturated rings. The van der Waals surface area contributed by atoms with E-state index in [2.05, 4.69) is 15.5 Å². The molecule has 0 bridgehead atoms. The van der Waals surface area contributed by atoms with E-state index in [9.17, 15) is 4.79 Å². The summed E-state index contributed by atoms with van der Waals surface area (Å²) < 4.78 is 10.7. The van der Waals surface area contributed by atoms with E-state index in [1.165, 1.54) is 0 Å². The van der Waals surface area contributed by atoms with E-state index >= 15 is 0 Å². The van der Waals surface area contributed by atoms with Crippen LogP contribution in [0.15, 0.2) is 66.7 Å². The smallest absolute Gasteiger partial charge is 0.276 e. The van der Waals surface area contributed by atoms with E-state index in [0.29, 0.717) is 17.1 Å². The third kappa shape index (κ3) is 3.27. The topological polar surface area (TPSA) is 76.2 Å². The van der Waals surface area contributed by atoms with Gasteiger partial charge in [-0.25, -0.2) is 0 Å². The summed E-state index contributed by atoms with van der Waals surface area (Å²) in [4.78, 5) is 12.7. The summed E-state index contributed by atoms with van der Waals surface area (Å²) in [5.74, 6) is 1.22. The van der Waals surface area contributed by atoms with E-state index < -0.39 is 0 Å². The van der Waals surface area contributed by atoms with Gasteiger partial charge in [0, 0.05) is 16.6 Å². The van der Waals surface area contributed by atoms with Crippen molar-refractivity contribution < 1.29 is 14.3 Å². The molecule has 2 N–H and O–H groups in total. The van der Waals surface area contributed by atoms with Gasteiger partial charge in [-0.2, -0.15) is 5.10 Å². The van der Waals surface area contributed by atoms with Gasteiger partial charge in [-0.15, -0.1) is 0 Å². The molecule has 0 saturated heterocycles. The highest BCUT2D eigenvalue weighted by molar-refractivity contribution is 6.11. The molecule has 6 heteroatoms. The summed E-state index contributed by atoms with van der Waals surface area (Å²) >= 11 is 0. The van der Waals surface area contributed by atoms with E-state index in [1.807, 2.05) is 60.7 Å². The molecular formula is C22H19N3O3. The summed E-state index contributed by atoms with van der Waals surface area (Å²) in [6.07, 6.45) is 0. The molecule has 6 nitrogen and oxygen atoms in total. The number of benzene rings is 3. The molecule has 1 amide bonds. The van der Waals surface area contributed by atoms with Gasteiger partial charge in [0.05, 0.1) is 19.7 Å². The van der Waals surface area contributed by atoms with Crippen molar-refractivity contribution >= 4 is 22.5 Å². The highest BCUT2D eigenvalue weighted by atomic mass is 16.5. The molecule has 140 valence electrons. The molecule has 0 radical (unpaired) electrons. The van der Waals surface area contributed by atoms with Gasteiger partial charge in [-0.1, -0.05) is 30.3 Å². The lowest BCUT2D eigenvalue weighted by Crippen LogP contribution is -2.13. The van der Waals surface area contributed by atoms with Crippen molar-refractivity contribution in [3.63, 3.8) is 0 Å². The number of methoxy groups -OCH3 is 2. The number of ether oxygens (including phenoxy) is 2. The Labute approximate surface area is 162 Å². The highest BCUT2D eigenvalue weighted by Crippen LogP contribution is 2.33. The Balaban J connectivity index is 1.65. The molecule has 0 unspecified atom stereocenters. The third-order valence-corrected chi connectivity index (χ3v) is 4.54. The Morgan fingerprint density at radius 3 is 2.50 bits per heavy atom. The molecule has 0 atom stereocenters. The predicted molar refractivity (Wildman–Crippen MR) is 109 cm³/mol. The minimum atomic E-state index is -0.275. The molecule has 4 rings (SSSR count). The van der Waals surface area contributed by atoms with Gasteiger partial charge in [0.2, 0.25) is 0 Å². The number of carbonyl (C=O) groups is 1. The van der Waals surface area contributed by atoms with Crippen LogP contribution in [0.4, 0.5) is 5.69 Å². The largest absolute Gasteiger partial charge is 0.497 e. The van der Waals surface area contributed by atoms with Crippen LogP contribution in [-0.2, 0) is 0 Å². The van der Waals surface area contributed by atoms with Gasteiger partial charge in [0.15, 0.2) is 5.69 Å². The van der Waals surface area contributed by atoms with Crippen molar-refractivity contribution in [2.45, 2.75) is 0 Å². The van der Waals surface area contributed by atoms with Crippen LogP contribution < -0.4 is 14.8 Å². The average molecular weight is 373 g/mol. The first-order chi connectivity index (χ1) is 13.7. The molecule has 4 aromatic rings. The van der Waals surface area contributed by atoms with Crippen LogP contribution in [0.2, 0.25) is 0 Å². The minimum Gasteiger partial charge on any atom is -0.497 e. The second kappa shape index (κ2) is 7.44. The molecule has 1 aromatic heterocycles. The summed E-state index contributed by atoms with van der Waals surface area (Å²) in [5, 5.41) is 10.7. The fraction of sp³-hybridized carbons (Fsp3) is 0.0909. The maximum absolute atomic E-state index is 12.7. The predicted octanol–water partition coefficient (Wildman–Crippen LogP) is 4.50. The number of nitrogens with zero attached hydrogens (tertiary/aromatic N) is 1. The molecule has 0 spiro atoms. The number of para-hydroxylation sites is 1. The number of aromatic nitrogens is 2. The lowest BCUT2D eigenvalue weighted by atomic mass is 10.0. The van der Waals surface area contributed by atoms with Gasteiger partial charge in [-0.05, 0) is 42.0 Å². The van der Waals surface area contributed by atoms with E-state index in [0.717, 1.165) is 27.8 Å². The number of hydrogen-bond donors (Lipinski definition) is 2. The lowest BCUT2D eigenvalue weighted by molar-refractivity contribution is 0.102. The Hall–Kier alpha value is -3.80. The van der Waals surface area contributed by atoms with Gasteiger partial charge < -0.3 is 14.8 Å². The van der Waals surface area contributed by atoms with Crippen molar-refractivity contribution in [1.82, 2.24) is 10.2 Å². The fourth-order valence-electron chi connectivity index (χ4n) is 3.11. The van der Waals surface area contributed by atoms with Crippen LogP contribution in [0.5, 0.6) is 11.5 Å². The van der Waals surface area contributed by atoms with Crippen LogP contribution in [0.3, 0.4) is 0 Å². The second-order valence-electron chi connectivity index (χ2n) is 6.22. The van der Waals surface area contributed by atoms with E-state index in [-0.39, 0.29) is 5.91 Å². The summed E-state index contributed by atoms with van der Waals surface area (Å²) in [6.45, 7) is 0. The molecule has 0 aliphatic rings. The second-order valence-corrected chi connectivity index (χ2v) is 6.22. The number of hydrogen-bond acceptors (Lipinski definition) is 4. The zero-order chi connectivity index (χ0) is 19.5. The van der Waals surface area contributed by atoms with Crippen LogP contribution in [-0.4, -0.2) is 30.3 Å². The van der Waals surface area contributed by atoms with E-state index in [4.69, 9.17) is 9.47 Å². The van der Waals surface area contributed by atoms with Crippen LogP contribution in [0.25, 0.3) is 22.0 Å². The first-order valence-electron chi connectivity index (χ1n) is 8.76. The zero-order valence-corrected chi connectivity index (χ0v) is 15.5. The number of anilines is 1. The lowest BCUT2D eigenvalue weighted by Gasteiger charge is -2.12. The Morgan fingerprint density at radius 1 is 0.964 bits per heavy atom. The molecule has 0 saturated carbocycles. The van der Waals surface area contributed by atoms with Crippen molar-refractivity contribution in [3.8, 4) is 22.6 Å². The van der Waals surface area contributed by atoms with Gasteiger partial charge >= 0.3 is 0 Å². The van der Waals surface area contributed by atoms with Crippen LogP contribution in [0.1, 0.15) is 10.5 Å². The fourth-order valence-corrected chi connectivity index (χ4v) is 3.11. The highest BCUT2D eigenvalue weighted by Gasteiger charge is 2.15. The monoisotopic (exact) mass is 373 g/mol. The Bertz CT molecular complexity index is 1130. The van der Waals surface area contributed by atoms with Gasteiger partial charge in [0.25, 0.3) is 5.91 Å². The summed E-state index contributed by atoms with van der Waals surface area (Å²) in [6, 6.07) is 20.7. The molecule has 28 heavy (non-hydrogen) atoms. The number of aromatic amines is 1. The van der Waals surface area contributed by atoms with Crippen LogP contribution in [0, 0.1) is 0 Å². The number of nitrogens with one attached hydrogen (secondary N) is 2. The molecular weight excluding hydrogens is 354 g/mol. The van der Waals surface area contributed by atoms with E-state index in [1.54, 1.807) is 20.3 Å². The summed E-state index contributed by atoms with van der Waals surface area (Å²) in [7, 11) is 3.25. The number of fused-ring (bicyclic) bond motifs is 1. The molecule has 1 heterocycles. The molecule has 0 aliphatic heterocycles. The quantitative estimate of drug-likeness (QED) is 0.540. The maximum Gasteiger partial charge on any atom is 0.276 e. The van der Waals surface area contributed by atoms with Crippen molar-refractivity contribution in [2.75, 3.05) is 19.5 Å². The number of H-pyrrole nitrogens is 1. The molecule has 3 aromatic carbocycles. The zero-order valence-electron chi connectivity index (χ0n) is 15.5. The first kappa shape index (κ1) is 17.6.